The van der Waals surface area contributed by atoms with E-state index in [2.05, 4.69) is 11.9 Å². The lowest BCUT2D eigenvalue weighted by molar-refractivity contribution is -0.0177. The van der Waals surface area contributed by atoms with Gasteiger partial charge in [0, 0.05) is 29.2 Å². The molecule has 0 bridgehead atoms. The van der Waals surface area contributed by atoms with Crippen LogP contribution in [0.25, 0.3) is 0 Å². The number of fused-ring (bicyclic) bond motifs is 1. The van der Waals surface area contributed by atoms with Crippen LogP contribution in [0.1, 0.15) is 24.0 Å². The Morgan fingerprint density at radius 3 is 2.95 bits per heavy atom. The van der Waals surface area contributed by atoms with Crippen LogP contribution in [0.5, 0.6) is 5.75 Å². The van der Waals surface area contributed by atoms with Crippen molar-refractivity contribution in [2.75, 3.05) is 20.4 Å². The van der Waals surface area contributed by atoms with Crippen LogP contribution in [0.4, 0.5) is 0 Å². The number of rotatable bonds is 4. The summed E-state index contributed by atoms with van der Waals surface area (Å²) < 4.78 is 10.9. The van der Waals surface area contributed by atoms with E-state index in [9.17, 15) is 5.11 Å². The first-order chi connectivity index (χ1) is 9.61. The molecule has 0 amide bonds. The van der Waals surface area contributed by atoms with Gasteiger partial charge in [0.25, 0.3) is 0 Å². The Balaban J connectivity index is 1.68. The standard InChI is InChI=1S/C15H20ClNO3/c1-17(6-10-2-14(18)3-10)7-11-4-13(16)5-12-8-19-9-20-15(11)12/h4-5,10,14,18H,2-3,6-9H2,1H3. The molecule has 0 saturated heterocycles. The van der Waals surface area contributed by atoms with E-state index in [0.29, 0.717) is 19.3 Å². The third kappa shape index (κ3) is 3.09. The van der Waals surface area contributed by atoms with Gasteiger partial charge in [0.05, 0.1) is 12.7 Å². The van der Waals surface area contributed by atoms with Gasteiger partial charge in [0.1, 0.15) is 5.75 Å². The van der Waals surface area contributed by atoms with Crippen molar-refractivity contribution in [1.82, 2.24) is 4.90 Å². The Hall–Kier alpha value is -0.810. The number of benzene rings is 1. The predicted molar refractivity (Wildman–Crippen MR) is 76.8 cm³/mol. The topological polar surface area (TPSA) is 41.9 Å². The van der Waals surface area contributed by atoms with Crippen molar-refractivity contribution < 1.29 is 14.6 Å². The van der Waals surface area contributed by atoms with E-state index < -0.39 is 0 Å². The summed E-state index contributed by atoms with van der Waals surface area (Å²) in [6, 6.07) is 3.87. The molecule has 0 spiro atoms. The molecule has 0 radical (unpaired) electrons. The van der Waals surface area contributed by atoms with Crippen LogP contribution in [0, 0.1) is 5.92 Å². The van der Waals surface area contributed by atoms with Gasteiger partial charge in [0.2, 0.25) is 0 Å². The Bertz CT molecular complexity index is 488. The number of aliphatic hydroxyl groups excluding tert-OH is 1. The molecule has 0 unspecified atom stereocenters. The molecule has 20 heavy (non-hydrogen) atoms. The highest BCUT2D eigenvalue weighted by molar-refractivity contribution is 6.30. The smallest absolute Gasteiger partial charge is 0.189 e. The number of ether oxygens (including phenoxy) is 2. The molecule has 1 aromatic carbocycles. The van der Waals surface area contributed by atoms with Gasteiger partial charge in [-0.1, -0.05) is 11.6 Å². The van der Waals surface area contributed by atoms with Crippen molar-refractivity contribution in [1.29, 1.82) is 0 Å². The first kappa shape index (κ1) is 14.1. The molecule has 1 fully saturated rings. The Morgan fingerprint density at radius 2 is 2.20 bits per heavy atom. The largest absolute Gasteiger partial charge is 0.467 e. The van der Waals surface area contributed by atoms with E-state index >= 15 is 0 Å². The molecule has 2 aliphatic rings. The summed E-state index contributed by atoms with van der Waals surface area (Å²) in [5, 5.41) is 10.1. The molecule has 1 aromatic rings. The van der Waals surface area contributed by atoms with E-state index in [-0.39, 0.29) is 6.10 Å². The van der Waals surface area contributed by atoms with Crippen molar-refractivity contribution >= 4 is 11.6 Å². The minimum atomic E-state index is -0.0900. The van der Waals surface area contributed by atoms with E-state index in [0.717, 1.165) is 47.8 Å². The number of halogens is 1. The first-order valence-corrected chi connectivity index (χ1v) is 7.38. The van der Waals surface area contributed by atoms with Crippen LogP contribution in [-0.4, -0.2) is 36.5 Å². The number of hydrogen-bond donors (Lipinski definition) is 1. The second-order valence-electron chi connectivity index (χ2n) is 5.85. The molecule has 0 atom stereocenters. The molecule has 1 aliphatic heterocycles. The van der Waals surface area contributed by atoms with Gasteiger partial charge in [0.15, 0.2) is 6.79 Å². The lowest BCUT2D eigenvalue weighted by Crippen LogP contribution is -2.36. The molecular formula is C15H20ClNO3. The highest BCUT2D eigenvalue weighted by Gasteiger charge is 2.28. The molecule has 3 rings (SSSR count). The predicted octanol–water partition coefficient (Wildman–Crippen LogP) is 2.41. The zero-order chi connectivity index (χ0) is 14.1. The molecular weight excluding hydrogens is 278 g/mol. The molecule has 5 heteroatoms. The number of nitrogens with zero attached hydrogens (tertiary/aromatic N) is 1. The fourth-order valence-corrected chi connectivity index (χ4v) is 3.28. The van der Waals surface area contributed by atoms with Crippen LogP contribution < -0.4 is 4.74 Å². The van der Waals surface area contributed by atoms with Crippen LogP contribution in [0.3, 0.4) is 0 Å². The fraction of sp³-hybridized carbons (Fsp3) is 0.600. The lowest BCUT2D eigenvalue weighted by Gasteiger charge is -2.34. The monoisotopic (exact) mass is 297 g/mol. The maximum atomic E-state index is 9.35. The van der Waals surface area contributed by atoms with Gasteiger partial charge in [-0.15, -0.1) is 0 Å². The summed E-state index contributed by atoms with van der Waals surface area (Å²) >= 11 is 6.17. The molecule has 1 aliphatic carbocycles. The van der Waals surface area contributed by atoms with Gasteiger partial charge >= 0.3 is 0 Å². The van der Waals surface area contributed by atoms with Crippen molar-refractivity contribution in [2.24, 2.45) is 5.92 Å². The van der Waals surface area contributed by atoms with E-state index in [1.165, 1.54) is 0 Å². The van der Waals surface area contributed by atoms with Gasteiger partial charge in [-0.3, -0.25) is 0 Å². The highest BCUT2D eigenvalue weighted by atomic mass is 35.5. The maximum Gasteiger partial charge on any atom is 0.189 e. The normalized spacial score (nSPS) is 25.0. The number of aliphatic hydroxyl groups is 1. The van der Waals surface area contributed by atoms with Crippen molar-refractivity contribution in [3.05, 3.63) is 28.3 Å². The van der Waals surface area contributed by atoms with Gasteiger partial charge in [-0.2, -0.15) is 0 Å². The third-order valence-corrected chi connectivity index (χ3v) is 4.19. The SMILES string of the molecule is CN(Cc1cc(Cl)cc2c1OCOC2)CC1CC(O)C1. The highest BCUT2D eigenvalue weighted by Crippen LogP contribution is 2.33. The average Bonchev–Trinajstić information content (AvgIpc) is 2.36. The minimum absolute atomic E-state index is 0.0900. The van der Waals surface area contributed by atoms with Crippen LogP contribution >= 0.6 is 11.6 Å². The zero-order valence-electron chi connectivity index (χ0n) is 11.6. The Morgan fingerprint density at radius 1 is 1.40 bits per heavy atom. The Kier molecular flexibility index (Phi) is 4.17. The molecule has 0 aromatic heterocycles. The molecule has 4 nitrogen and oxygen atoms in total. The summed E-state index contributed by atoms with van der Waals surface area (Å²) in [6.07, 6.45) is 1.75. The van der Waals surface area contributed by atoms with E-state index in [4.69, 9.17) is 21.1 Å². The van der Waals surface area contributed by atoms with E-state index in [1.54, 1.807) is 0 Å². The fourth-order valence-electron chi connectivity index (χ4n) is 3.02. The van der Waals surface area contributed by atoms with E-state index in [1.807, 2.05) is 12.1 Å². The Labute approximate surface area is 124 Å². The van der Waals surface area contributed by atoms with Crippen LogP contribution in [0.2, 0.25) is 5.02 Å². The summed E-state index contributed by atoms with van der Waals surface area (Å²) in [5.74, 6) is 1.52. The van der Waals surface area contributed by atoms with Gasteiger partial charge in [-0.05, 0) is 37.9 Å². The average molecular weight is 298 g/mol. The summed E-state index contributed by atoms with van der Waals surface area (Å²) in [6.45, 7) is 2.66. The maximum absolute atomic E-state index is 9.35. The third-order valence-electron chi connectivity index (χ3n) is 3.97. The van der Waals surface area contributed by atoms with Crippen molar-refractivity contribution in [2.45, 2.75) is 32.1 Å². The summed E-state index contributed by atoms with van der Waals surface area (Å²) in [5.41, 5.74) is 2.13. The molecule has 110 valence electrons. The van der Waals surface area contributed by atoms with Crippen molar-refractivity contribution in [3.8, 4) is 5.75 Å². The second kappa shape index (κ2) is 5.90. The van der Waals surface area contributed by atoms with Crippen LogP contribution in [0.15, 0.2) is 12.1 Å². The van der Waals surface area contributed by atoms with Crippen LogP contribution in [-0.2, 0) is 17.9 Å². The molecule has 1 saturated carbocycles. The van der Waals surface area contributed by atoms with Gasteiger partial charge in [-0.25, -0.2) is 0 Å². The summed E-state index contributed by atoms with van der Waals surface area (Å²) in [7, 11) is 2.09. The minimum Gasteiger partial charge on any atom is -0.467 e. The molecule has 1 heterocycles. The van der Waals surface area contributed by atoms with Gasteiger partial charge < -0.3 is 19.5 Å². The van der Waals surface area contributed by atoms with Crippen molar-refractivity contribution in [3.63, 3.8) is 0 Å². The molecule has 1 N–H and O–H groups in total. The second-order valence-corrected chi connectivity index (χ2v) is 6.29. The number of hydrogen-bond acceptors (Lipinski definition) is 4. The first-order valence-electron chi connectivity index (χ1n) is 7.00. The summed E-state index contributed by atoms with van der Waals surface area (Å²) in [4.78, 5) is 2.27. The lowest BCUT2D eigenvalue weighted by atomic mass is 9.82. The zero-order valence-corrected chi connectivity index (χ0v) is 12.4. The quantitative estimate of drug-likeness (QED) is 0.927.